The van der Waals surface area contributed by atoms with E-state index < -0.39 is 10.0 Å². The highest BCUT2D eigenvalue weighted by Gasteiger charge is 2.32. The summed E-state index contributed by atoms with van der Waals surface area (Å²) in [6.45, 7) is 0.762. The maximum absolute atomic E-state index is 12.5. The van der Waals surface area contributed by atoms with Crippen molar-refractivity contribution in [3.63, 3.8) is 0 Å². The predicted molar refractivity (Wildman–Crippen MR) is 84.3 cm³/mol. The highest BCUT2D eigenvalue weighted by atomic mass is 79.9. The molecule has 0 amide bonds. The molecule has 0 spiro atoms. The first kappa shape index (κ1) is 18.0. The Bertz CT molecular complexity index is 598. The van der Waals surface area contributed by atoms with Crippen molar-refractivity contribution in [1.29, 1.82) is 0 Å². The Kier molecular flexibility index (Phi) is 6.13. The number of sulfonamides is 1. The summed E-state index contributed by atoms with van der Waals surface area (Å²) in [7, 11) is -2.11. The van der Waals surface area contributed by atoms with Crippen molar-refractivity contribution in [3.05, 3.63) is 21.6 Å². The zero-order valence-electron chi connectivity index (χ0n) is 10.7. The van der Waals surface area contributed by atoms with Crippen molar-refractivity contribution in [1.82, 2.24) is 4.31 Å². The van der Waals surface area contributed by atoms with Gasteiger partial charge in [0.15, 0.2) is 0 Å². The average molecular weight is 406 g/mol. The molecule has 9 heteroatoms. The zero-order chi connectivity index (χ0) is 14.2. The zero-order valence-corrected chi connectivity index (χ0v) is 14.7. The van der Waals surface area contributed by atoms with Gasteiger partial charge in [-0.15, -0.1) is 12.4 Å². The summed E-state index contributed by atoms with van der Waals surface area (Å²) in [5, 5.41) is 0.257. The Labute approximate surface area is 138 Å². The van der Waals surface area contributed by atoms with Crippen molar-refractivity contribution < 1.29 is 13.2 Å². The third kappa shape index (κ3) is 3.40. The fourth-order valence-corrected chi connectivity index (χ4v) is 4.80. The molecule has 0 radical (unpaired) electrons. The van der Waals surface area contributed by atoms with Crippen molar-refractivity contribution in [2.45, 2.75) is 17.4 Å². The van der Waals surface area contributed by atoms with Crippen LogP contribution in [-0.2, 0) is 10.0 Å². The maximum Gasteiger partial charge on any atom is 0.244 e. The largest absolute Gasteiger partial charge is 0.495 e. The lowest BCUT2D eigenvalue weighted by atomic mass is 10.3. The summed E-state index contributed by atoms with van der Waals surface area (Å²) in [5.74, 6) is 0.422. The second-order valence-electron chi connectivity index (χ2n) is 4.33. The van der Waals surface area contributed by atoms with Gasteiger partial charge in [-0.25, -0.2) is 8.42 Å². The Morgan fingerprint density at radius 1 is 1.50 bits per heavy atom. The van der Waals surface area contributed by atoms with E-state index in [-0.39, 0.29) is 28.4 Å². The second kappa shape index (κ2) is 6.81. The van der Waals surface area contributed by atoms with Crippen LogP contribution in [0.3, 0.4) is 0 Å². The van der Waals surface area contributed by atoms with Crippen molar-refractivity contribution >= 4 is 50.0 Å². The number of hydrogen-bond donors (Lipinski definition) is 1. The fraction of sp³-hybridized carbons (Fsp3) is 0.455. The van der Waals surface area contributed by atoms with Gasteiger partial charge in [0.2, 0.25) is 10.0 Å². The Balaban J connectivity index is 0.00000200. The number of methoxy groups -OCH3 is 1. The van der Waals surface area contributed by atoms with E-state index in [9.17, 15) is 8.42 Å². The third-order valence-corrected chi connectivity index (χ3v) is 6.13. The summed E-state index contributed by atoms with van der Waals surface area (Å²) in [5.41, 5.74) is 5.75. The first-order valence-electron chi connectivity index (χ1n) is 5.65. The molecular weight excluding hydrogens is 391 g/mol. The standard InChI is InChI=1S/C11H14BrClN2O3S.ClH/c1-18-10-4-8(12)11(5-9(10)13)19(16,17)15-3-2-7(14)6-15;/h4-5,7H,2-3,6,14H2,1H3;1H. The van der Waals surface area contributed by atoms with Crippen LogP contribution >= 0.6 is 39.9 Å². The maximum atomic E-state index is 12.5. The molecule has 1 unspecified atom stereocenters. The molecule has 20 heavy (non-hydrogen) atoms. The molecule has 0 aliphatic carbocycles. The molecule has 1 heterocycles. The van der Waals surface area contributed by atoms with Gasteiger partial charge in [0.1, 0.15) is 5.75 Å². The van der Waals surface area contributed by atoms with Gasteiger partial charge in [0.05, 0.1) is 17.0 Å². The lowest BCUT2D eigenvalue weighted by Crippen LogP contribution is -2.32. The van der Waals surface area contributed by atoms with E-state index in [2.05, 4.69) is 15.9 Å². The number of halogens is 3. The van der Waals surface area contributed by atoms with E-state index in [0.29, 0.717) is 29.7 Å². The molecule has 0 saturated carbocycles. The SMILES string of the molecule is COc1cc(Br)c(S(=O)(=O)N2CCC(N)C2)cc1Cl.Cl. The van der Waals surface area contributed by atoms with E-state index >= 15 is 0 Å². The lowest BCUT2D eigenvalue weighted by molar-refractivity contribution is 0.414. The highest BCUT2D eigenvalue weighted by molar-refractivity contribution is 9.10. The highest BCUT2D eigenvalue weighted by Crippen LogP contribution is 2.35. The molecular formula is C11H15BrCl2N2O3S. The Hall–Kier alpha value is -0.0500. The molecule has 1 aromatic rings. The van der Waals surface area contributed by atoms with Crippen LogP contribution in [0.5, 0.6) is 5.75 Å². The van der Waals surface area contributed by atoms with Crippen LogP contribution < -0.4 is 10.5 Å². The molecule has 1 fully saturated rings. The molecule has 5 nitrogen and oxygen atoms in total. The Morgan fingerprint density at radius 3 is 2.65 bits per heavy atom. The number of nitrogens with zero attached hydrogens (tertiary/aromatic N) is 1. The topological polar surface area (TPSA) is 72.6 Å². The van der Waals surface area contributed by atoms with E-state index in [4.69, 9.17) is 22.1 Å². The molecule has 0 bridgehead atoms. The van der Waals surface area contributed by atoms with E-state index in [0.717, 1.165) is 0 Å². The quantitative estimate of drug-likeness (QED) is 0.836. The van der Waals surface area contributed by atoms with Crippen LogP contribution in [0.15, 0.2) is 21.5 Å². The average Bonchev–Trinajstić information content (AvgIpc) is 2.79. The van der Waals surface area contributed by atoms with Crippen molar-refractivity contribution in [2.75, 3.05) is 20.2 Å². The van der Waals surface area contributed by atoms with Gasteiger partial charge >= 0.3 is 0 Å². The number of nitrogens with two attached hydrogens (primary N) is 1. The van der Waals surface area contributed by atoms with Gasteiger partial charge < -0.3 is 10.5 Å². The number of ether oxygens (including phenoxy) is 1. The molecule has 1 aliphatic heterocycles. The minimum Gasteiger partial charge on any atom is -0.495 e. The Morgan fingerprint density at radius 2 is 2.15 bits per heavy atom. The van der Waals surface area contributed by atoms with Crippen LogP contribution in [0.2, 0.25) is 5.02 Å². The number of hydrogen-bond acceptors (Lipinski definition) is 4. The minimum absolute atomic E-state index is 0. The summed E-state index contributed by atoms with van der Waals surface area (Å²) in [4.78, 5) is 0.132. The van der Waals surface area contributed by atoms with Crippen molar-refractivity contribution in [2.24, 2.45) is 5.73 Å². The first-order chi connectivity index (χ1) is 8.86. The van der Waals surface area contributed by atoms with Crippen LogP contribution in [0.25, 0.3) is 0 Å². The molecule has 1 atom stereocenters. The number of benzene rings is 1. The third-order valence-electron chi connectivity index (χ3n) is 3.01. The fourth-order valence-electron chi connectivity index (χ4n) is 1.98. The monoisotopic (exact) mass is 404 g/mol. The predicted octanol–water partition coefficient (Wildman–Crippen LogP) is 2.25. The van der Waals surface area contributed by atoms with E-state index in [1.807, 2.05) is 0 Å². The molecule has 0 aromatic heterocycles. The van der Waals surface area contributed by atoms with Gasteiger partial charge in [-0.2, -0.15) is 4.31 Å². The normalized spacial score (nSPS) is 19.7. The van der Waals surface area contributed by atoms with E-state index in [1.54, 1.807) is 6.07 Å². The molecule has 2 N–H and O–H groups in total. The van der Waals surface area contributed by atoms with Crippen LogP contribution in [-0.4, -0.2) is 39.0 Å². The molecule has 1 saturated heterocycles. The van der Waals surface area contributed by atoms with Gasteiger partial charge in [-0.05, 0) is 34.5 Å². The van der Waals surface area contributed by atoms with Crippen LogP contribution in [0.4, 0.5) is 0 Å². The minimum atomic E-state index is -3.58. The smallest absolute Gasteiger partial charge is 0.244 e. The molecule has 1 aromatic carbocycles. The summed E-state index contributed by atoms with van der Waals surface area (Å²) >= 11 is 9.23. The lowest BCUT2D eigenvalue weighted by Gasteiger charge is -2.17. The summed E-state index contributed by atoms with van der Waals surface area (Å²) in [6, 6.07) is 2.83. The van der Waals surface area contributed by atoms with E-state index in [1.165, 1.54) is 17.5 Å². The van der Waals surface area contributed by atoms with Gasteiger partial charge in [-0.3, -0.25) is 0 Å². The number of rotatable bonds is 3. The molecule has 114 valence electrons. The van der Waals surface area contributed by atoms with Gasteiger partial charge in [-0.1, -0.05) is 11.6 Å². The van der Waals surface area contributed by atoms with Gasteiger partial charge in [0.25, 0.3) is 0 Å². The first-order valence-corrected chi connectivity index (χ1v) is 8.26. The molecule has 2 rings (SSSR count). The molecule has 1 aliphatic rings. The summed E-state index contributed by atoms with van der Waals surface area (Å²) < 4.78 is 31.8. The summed E-state index contributed by atoms with van der Waals surface area (Å²) in [6.07, 6.45) is 0.667. The van der Waals surface area contributed by atoms with Crippen LogP contribution in [0, 0.1) is 0 Å². The van der Waals surface area contributed by atoms with Crippen LogP contribution in [0.1, 0.15) is 6.42 Å². The van der Waals surface area contributed by atoms with Crippen molar-refractivity contribution in [3.8, 4) is 5.75 Å². The second-order valence-corrected chi connectivity index (χ2v) is 7.50. The van der Waals surface area contributed by atoms with Gasteiger partial charge in [0, 0.05) is 23.6 Å².